The Kier molecular flexibility index (Phi) is 9.08. The molecule has 3 heterocycles. The van der Waals surface area contributed by atoms with Crippen molar-refractivity contribution in [3.8, 4) is 0 Å². The Morgan fingerprint density at radius 3 is 2.40 bits per heavy atom. The van der Waals surface area contributed by atoms with E-state index in [1.807, 2.05) is 30.5 Å². The molecule has 1 aromatic heterocycles. The normalized spacial score (nSPS) is 19.2. The van der Waals surface area contributed by atoms with Crippen molar-refractivity contribution in [2.24, 2.45) is 0 Å². The fourth-order valence-electron chi connectivity index (χ4n) is 4.70. The Bertz CT molecular complexity index is 945. The Morgan fingerprint density at radius 2 is 1.74 bits per heavy atom. The summed E-state index contributed by atoms with van der Waals surface area (Å²) in [6.45, 7) is 9.38. The van der Waals surface area contributed by atoms with Gasteiger partial charge in [0, 0.05) is 69.0 Å². The fourth-order valence-corrected chi connectivity index (χ4v) is 5.66. The summed E-state index contributed by atoms with van der Waals surface area (Å²) in [4.78, 5) is 33.0. The van der Waals surface area contributed by atoms with Crippen LogP contribution >= 0.6 is 11.3 Å². The number of hydrogen-bond acceptors (Lipinski definition) is 7. The number of hydrogen-bond donors (Lipinski definition) is 2. The smallest absolute Gasteiger partial charge is 0.309 e. The molecule has 2 fully saturated rings. The van der Waals surface area contributed by atoms with Gasteiger partial charge >= 0.3 is 11.8 Å². The van der Waals surface area contributed by atoms with E-state index >= 15 is 0 Å². The van der Waals surface area contributed by atoms with Gasteiger partial charge in [0.2, 0.25) is 0 Å². The van der Waals surface area contributed by atoms with E-state index in [-0.39, 0.29) is 17.9 Å². The zero-order chi connectivity index (χ0) is 24.6. The molecule has 1 aromatic carbocycles. The van der Waals surface area contributed by atoms with E-state index in [1.165, 1.54) is 12.1 Å². The summed E-state index contributed by atoms with van der Waals surface area (Å²) in [5.41, 5.74) is 1.01. The highest BCUT2D eigenvalue weighted by Crippen LogP contribution is 2.30. The highest BCUT2D eigenvalue weighted by atomic mass is 32.1. The molecule has 0 unspecified atom stereocenters. The number of benzene rings is 1. The van der Waals surface area contributed by atoms with E-state index in [1.54, 1.807) is 11.3 Å². The number of nitrogens with zero attached hydrogens (tertiary/aromatic N) is 3. The van der Waals surface area contributed by atoms with Gasteiger partial charge in [0.1, 0.15) is 5.82 Å². The molecule has 190 valence electrons. The van der Waals surface area contributed by atoms with Crippen LogP contribution in [0.1, 0.15) is 17.8 Å². The lowest BCUT2D eigenvalue weighted by Crippen LogP contribution is -2.54. The standard InChI is InChI=1S/C25H34FN5O3S/c1-19(28-25(33)24(32)27-8-9-29-14-16-34-17-15-29)23(22-3-2-18-35-22)31-12-10-30(11-13-31)21-6-4-20(26)5-7-21/h2-7,18-19,23H,8-17H2,1H3,(H,27,32)(H,28,33)/t19-,23-/m1/s1. The Morgan fingerprint density at radius 1 is 1.03 bits per heavy atom. The summed E-state index contributed by atoms with van der Waals surface area (Å²) in [5.74, 6) is -1.44. The van der Waals surface area contributed by atoms with Crippen molar-refractivity contribution >= 4 is 28.8 Å². The number of amides is 2. The lowest BCUT2D eigenvalue weighted by Gasteiger charge is -2.42. The monoisotopic (exact) mass is 503 g/mol. The highest BCUT2D eigenvalue weighted by Gasteiger charge is 2.32. The predicted octanol–water partition coefficient (Wildman–Crippen LogP) is 1.70. The zero-order valence-electron chi connectivity index (χ0n) is 20.1. The van der Waals surface area contributed by atoms with Gasteiger partial charge in [0.05, 0.1) is 19.3 Å². The third kappa shape index (κ3) is 7.00. The summed E-state index contributed by atoms with van der Waals surface area (Å²) in [7, 11) is 0. The molecule has 0 saturated carbocycles. The number of ether oxygens (including phenoxy) is 1. The SMILES string of the molecule is C[C@@H](NC(=O)C(=O)NCCN1CCOCC1)[C@H](c1cccs1)N1CCN(c2ccc(F)cc2)CC1. The molecule has 2 N–H and O–H groups in total. The van der Waals surface area contributed by atoms with Gasteiger partial charge in [-0.2, -0.15) is 0 Å². The first kappa shape index (κ1) is 25.6. The van der Waals surface area contributed by atoms with E-state index in [9.17, 15) is 14.0 Å². The molecule has 0 spiro atoms. The van der Waals surface area contributed by atoms with Crippen LogP contribution in [0.25, 0.3) is 0 Å². The molecule has 0 radical (unpaired) electrons. The minimum Gasteiger partial charge on any atom is -0.379 e. The van der Waals surface area contributed by atoms with E-state index in [4.69, 9.17) is 4.74 Å². The van der Waals surface area contributed by atoms with Crippen LogP contribution in [-0.4, -0.2) is 93.2 Å². The average molecular weight is 504 g/mol. The molecular formula is C25H34FN5O3S. The van der Waals surface area contributed by atoms with E-state index in [0.717, 1.165) is 49.8 Å². The van der Waals surface area contributed by atoms with Gasteiger partial charge in [0.15, 0.2) is 0 Å². The minimum absolute atomic E-state index is 0.0320. The van der Waals surface area contributed by atoms with Gasteiger partial charge in [-0.25, -0.2) is 4.39 Å². The van der Waals surface area contributed by atoms with Crippen molar-refractivity contribution in [1.82, 2.24) is 20.4 Å². The van der Waals surface area contributed by atoms with Gasteiger partial charge in [-0.1, -0.05) is 6.07 Å². The fraction of sp³-hybridized carbons (Fsp3) is 0.520. The maximum absolute atomic E-state index is 13.3. The quantitative estimate of drug-likeness (QED) is 0.534. The number of rotatable bonds is 8. The van der Waals surface area contributed by atoms with Gasteiger partial charge in [-0.15, -0.1) is 11.3 Å². The Balaban J connectivity index is 1.30. The van der Waals surface area contributed by atoms with Gasteiger partial charge < -0.3 is 20.3 Å². The number of morpholine rings is 1. The van der Waals surface area contributed by atoms with E-state index < -0.39 is 11.8 Å². The first-order valence-electron chi connectivity index (χ1n) is 12.2. The number of nitrogens with one attached hydrogen (secondary N) is 2. The molecule has 2 amide bonds. The number of halogens is 1. The molecule has 8 nitrogen and oxygen atoms in total. The van der Waals surface area contributed by atoms with Crippen LogP contribution in [0.5, 0.6) is 0 Å². The molecule has 2 aromatic rings. The summed E-state index contributed by atoms with van der Waals surface area (Å²) in [6, 6.07) is 10.4. The summed E-state index contributed by atoms with van der Waals surface area (Å²) in [6.07, 6.45) is 0. The van der Waals surface area contributed by atoms with Crippen LogP contribution in [0.4, 0.5) is 10.1 Å². The summed E-state index contributed by atoms with van der Waals surface area (Å²) < 4.78 is 18.6. The number of anilines is 1. The third-order valence-electron chi connectivity index (χ3n) is 6.59. The van der Waals surface area contributed by atoms with Crippen molar-refractivity contribution in [1.29, 1.82) is 0 Å². The van der Waals surface area contributed by atoms with Crippen LogP contribution in [-0.2, 0) is 14.3 Å². The van der Waals surface area contributed by atoms with Gasteiger partial charge in [-0.3, -0.25) is 19.4 Å². The molecule has 10 heteroatoms. The maximum atomic E-state index is 13.3. The molecule has 2 aliphatic rings. The van der Waals surface area contributed by atoms with Gasteiger partial charge in [-0.05, 0) is 42.6 Å². The topological polar surface area (TPSA) is 77.1 Å². The van der Waals surface area contributed by atoms with Crippen LogP contribution in [0.2, 0.25) is 0 Å². The second-order valence-corrected chi connectivity index (χ2v) is 9.91. The minimum atomic E-state index is -0.606. The van der Waals surface area contributed by atoms with Crippen LogP contribution in [0.15, 0.2) is 41.8 Å². The predicted molar refractivity (Wildman–Crippen MR) is 135 cm³/mol. The molecule has 4 rings (SSSR count). The largest absolute Gasteiger partial charge is 0.379 e. The second-order valence-electron chi connectivity index (χ2n) is 8.93. The number of thiophene rings is 1. The molecule has 2 saturated heterocycles. The van der Waals surface area contributed by atoms with Crippen LogP contribution < -0.4 is 15.5 Å². The Hall–Kier alpha value is -2.53. The maximum Gasteiger partial charge on any atom is 0.309 e. The lowest BCUT2D eigenvalue weighted by molar-refractivity contribution is -0.139. The third-order valence-corrected chi connectivity index (χ3v) is 7.53. The highest BCUT2D eigenvalue weighted by molar-refractivity contribution is 7.10. The second kappa shape index (κ2) is 12.4. The van der Waals surface area contributed by atoms with Crippen LogP contribution in [0.3, 0.4) is 0 Å². The number of piperazine rings is 1. The van der Waals surface area contributed by atoms with Crippen molar-refractivity contribution in [2.45, 2.75) is 19.0 Å². The first-order chi connectivity index (χ1) is 17.0. The molecule has 0 bridgehead atoms. The van der Waals surface area contributed by atoms with Gasteiger partial charge in [0.25, 0.3) is 0 Å². The number of carbonyl (C=O) groups is 2. The van der Waals surface area contributed by atoms with E-state index in [0.29, 0.717) is 26.3 Å². The molecule has 0 aliphatic carbocycles. The lowest BCUT2D eigenvalue weighted by atomic mass is 10.0. The summed E-state index contributed by atoms with van der Waals surface area (Å²) in [5, 5.41) is 7.70. The van der Waals surface area contributed by atoms with Crippen LogP contribution in [0, 0.1) is 5.82 Å². The first-order valence-corrected chi connectivity index (χ1v) is 13.1. The Labute approximate surface area is 210 Å². The van der Waals surface area contributed by atoms with E-state index in [2.05, 4.69) is 31.4 Å². The molecular weight excluding hydrogens is 469 g/mol. The molecule has 2 atom stereocenters. The van der Waals surface area contributed by atoms with Crippen molar-refractivity contribution < 1.29 is 18.7 Å². The van der Waals surface area contributed by atoms with Crippen molar-refractivity contribution in [2.75, 3.05) is 70.5 Å². The summed E-state index contributed by atoms with van der Waals surface area (Å²) >= 11 is 1.65. The van der Waals surface area contributed by atoms with Crippen molar-refractivity contribution in [3.05, 3.63) is 52.5 Å². The average Bonchev–Trinajstić information content (AvgIpc) is 3.40. The zero-order valence-corrected chi connectivity index (χ0v) is 20.9. The number of carbonyl (C=O) groups excluding carboxylic acids is 2. The molecule has 2 aliphatic heterocycles. The van der Waals surface area contributed by atoms with Crippen molar-refractivity contribution in [3.63, 3.8) is 0 Å². The molecule has 35 heavy (non-hydrogen) atoms.